The number of benzene rings is 1. The number of hydrogen-bond acceptors (Lipinski definition) is 4. The van der Waals surface area contributed by atoms with Gasteiger partial charge < -0.3 is 10.2 Å². The molecular weight excluding hydrogens is 280 g/mol. The van der Waals surface area contributed by atoms with Crippen molar-refractivity contribution in [2.75, 3.05) is 12.4 Å². The fourth-order valence-corrected chi connectivity index (χ4v) is 3.74. The standard InChI is InChI=1S/C14H20O5S/c1-10-8-11(2)13(9-12(10)14(16)17)20(18,19)7-5-3-4-6-15/h8-9,15H,3-7H2,1-2H3,(H,16,17). The summed E-state index contributed by atoms with van der Waals surface area (Å²) in [5, 5.41) is 17.7. The number of carboxylic acids is 1. The average molecular weight is 300 g/mol. The van der Waals surface area contributed by atoms with Crippen LogP contribution in [0.25, 0.3) is 0 Å². The van der Waals surface area contributed by atoms with Gasteiger partial charge in [-0.05, 0) is 43.9 Å². The summed E-state index contributed by atoms with van der Waals surface area (Å²) in [6.07, 6.45) is 1.66. The Bertz CT molecular complexity index is 590. The van der Waals surface area contributed by atoms with Gasteiger partial charge >= 0.3 is 5.97 Å². The number of rotatable bonds is 7. The fourth-order valence-electron chi connectivity index (χ4n) is 2.09. The van der Waals surface area contributed by atoms with E-state index in [2.05, 4.69) is 0 Å². The van der Waals surface area contributed by atoms with E-state index in [1.165, 1.54) is 6.07 Å². The Morgan fingerprint density at radius 3 is 2.30 bits per heavy atom. The molecule has 2 N–H and O–H groups in total. The maximum atomic E-state index is 12.2. The number of unbranched alkanes of at least 4 members (excludes halogenated alkanes) is 2. The number of aliphatic hydroxyl groups excluding tert-OH is 1. The van der Waals surface area contributed by atoms with Crippen molar-refractivity contribution in [2.45, 2.75) is 38.0 Å². The quantitative estimate of drug-likeness (QED) is 0.751. The second kappa shape index (κ2) is 6.85. The maximum absolute atomic E-state index is 12.2. The summed E-state index contributed by atoms with van der Waals surface area (Å²) in [5.41, 5.74) is 1.13. The Kier molecular flexibility index (Phi) is 5.71. The third-order valence-electron chi connectivity index (χ3n) is 3.16. The van der Waals surface area contributed by atoms with E-state index in [4.69, 9.17) is 10.2 Å². The average Bonchev–Trinajstić information content (AvgIpc) is 2.33. The van der Waals surface area contributed by atoms with Gasteiger partial charge in [0.2, 0.25) is 0 Å². The van der Waals surface area contributed by atoms with Crippen LogP contribution in [-0.2, 0) is 9.84 Å². The van der Waals surface area contributed by atoms with Gasteiger partial charge in [0.15, 0.2) is 9.84 Å². The zero-order valence-corrected chi connectivity index (χ0v) is 12.5. The number of aromatic carboxylic acids is 1. The van der Waals surface area contributed by atoms with Crippen LogP contribution in [0.4, 0.5) is 0 Å². The van der Waals surface area contributed by atoms with Crippen LogP contribution in [0.5, 0.6) is 0 Å². The largest absolute Gasteiger partial charge is 0.478 e. The Balaban J connectivity index is 3.05. The van der Waals surface area contributed by atoms with Crippen molar-refractivity contribution in [2.24, 2.45) is 0 Å². The Hall–Kier alpha value is -1.40. The number of aliphatic hydroxyl groups is 1. The summed E-state index contributed by atoms with van der Waals surface area (Å²) >= 11 is 0. The summed E-state index contributed by atoms with van der Waals surface area (Å²) in [6, 6.07) is 2.83. The molecule has 20 heavy (non-hydrogen) atoms. The van der Waals surface area contributed by atoms with Crippen molar-refractivity contribution in [1.29, 1.82) is 0 Å². The molecule has 0 aliphatic heterocycles. The molecule has 0 radical (unpaired) electrons. The highest BCUT2D eigenvalue weighted by Crippen LogP contribution is 2.22. The molecule has 6 heteroatoms. The molecule has 0 bridgehead atoms. The summed E-state index contributed by atoms with van der Waals surface area (Å²) < 4.78 is 24.5. The highest BCUT2D eigenvalue weighted by Gasteiger charge is 2.20. The molecule has 0 aromatic heterocycles. The van der Waals surface area contributed by atoms with Crippen LogP contribution in [0.15, 0.2) is 17.0 Å². The lowest BCUT2D eigenvalue weighted by atomic mass is 10.1. The predicted octanol–water partition coefficient (Wildman–Crippen LogP) is 1.94. The third-order valence-corrected chi connectivity index (χ3v) is 5.09. The highest BCUT2D eigenvalue weighted by molar-refractivity contribution is 7.91. The zero-order chi connectivity index (χ0) is 15.3. The molecule has 1 aromatic rings. The van der Waals surface area contributed by atoms with Crippen LogP contribution in [0, 0.1) is 13.8 Å². The lowest BCUT2D eigenvalue weighted by Crippen LogP contribution is -2.11. The van der Waals surface area contributed by atoms with Crippen LogP contribution >= 0.6 is 0 Å². The Morgan fingerprint density at radius 2 is 1.75 bits per heavy atom. The first-order valence-corrected chi connectivity index (χ1v) is 8.13. The summed E-state index contributed by atoms with van der Waals surface area (Å²) in [4.78, 5) is 11.2. The van der Waals surface area contributed by atoms with Crippen LogP contribution < -0.4 is 0 Å². The molecule has 0 unspecified atom stereocenters. The van der Waals surface area contributed by atoms with E-state index in [-0.39, 0.29) is 22.8 Å². The molecule has 0 fully saturated rings. The second-order valence-corrected chi connectivity index (χ2v) is 6.92. The molecule has 0 atom stereocenters. The number of hydrogen-bond donors (Lipinski definition) is 2. The minimum Gasteiger partial charge on any atom is -0.478 e. The minimum atomic E-state index is -3.49. The van der Waals surface area contributed by atoms with Gasteiger partial charge in [-0.1, -0.05) is 12.5 Å². The summed E-state index contributed by atoms with van der Waals surface area (Å²) in [7, 11) is -3.49. The molecule has 1 aromatic carbocycles. The minimum absolute atomic E-state index is 0.0181. The lowest BCUT2D eigenvalue weighted by molar-refractivity contribution is 0.0696. The van der Waals surface area contributed by atoms with Crippen molar-refractivity contribution in [3.63, 3.8) is 0 Å². The van der Waals surface area contributed by atoms with Crippen molar-refractivity contribution < 1.29 is 23.4 Å². The van der Waals surface area contributed by atoms with Crippen molar-refractivity contribution in [3.8, 4) is 0 Å². The first-order chi connectivity index (χ1) is 9.29. The molecular formula is C14H20O5S. The summed E-state index contributed by atoms with van der Waals surface area (Å²) in [5.74, 6) is -1.16. The molecule has 5 nitrogen and oxygen atoms in total. The van der Waals surface area contributed by atoms with E-state index in [1.807, 2.05) is 0 Å². The van der Waals surface area contributed by atoms with Crippen LogP contribution in [0.1, 0.15) is 40.7 Å². The second-order valence-electron chi connectivity index (χ2n) is 4.84. The van der Waals surface area contributed by atoms with Crippen LogP contribution in [-0.4, -0.2) is 37.0 Å². The number of carbonyl (C=O) groups is 1. The van der Waals surface area contributed by atoms with Gasteiger partial charge in [0.1, 0.15) is 0 Å². The van der Waals surface area contributed by atoms with Crippen LogP contribution in [0.2, 0.25) is 0 Å². The van der Waals surface area contributed by atoms with E-state index >= 15 is 0 Å². The first-order valence-electron chi connectivity index (χ1n) is 6.47. The number of sulfone groups is 1. The Morgan fingerprint density at radius 1 is 1.10 bits per heavy atom. The molecule has 0 saturated carbocycles. The van der Waals surface area contributed by atoms with E-state index in [0.29, 0.717) is 30.4 Å². The normalized spacial score (nSPS) is 11.6. The molecule has 0 aliphatic carbocycles. The van der Waals surface area contributed by atoms with Gasteiger partial charge in [-0.2, -0.15) is 0 Å². The van der Waals surface area contributed by atoms with Gasteiger partial charge in [-0.25, -0.2) is 13.2 Å². The summed E-state index contributed by atoms with van der Waals surface area (Å²) in [6.45, 7) is 3.36. The first kappa shape index (κ1) is 16.7. The van der Waals surface area contributed by atoms with Crippen LogP contribution in [0.3, 0.4) is 0 Å². The molecule has 112 valence electrons. The fraction of sp³-hybridized carbons (Fsp3) is 0.500. The SMILES string of the molecule is Cc1cc(C)c(S(=O)(=O)CCCCCO)cc1C(=O)O. The van der Waals surface area contributed by atoms with E-state index in [9.17, 15) is 13.2 Å². The molecule has 0 amide bonds. The van der Waals surface area contributed by atoms with E-state index in [1.54, 1.807) is 19.9 Å². The smallest absolute Gasteiger partial charge is 0.335 e. The third kappa shape index (κ3) is 4.05. The van der Waals surface area contributed by atoms with E-state index < -0.39 is 15.8 Å². The molecule has 1 rings (SSSR count). The highest BCUT2D eigenvalue weighted by atomic mass is 32.2. The van der Waals surface area contributed by atoms with Gasteiger partial charge in [-0.15, -0.1) is 0 Å². The maximum Gasteiger partial charge on any atom is 0.335 e. The van der Waals surface area contributed by atoms with Gasteiger partial charge in [-0.3, -0.25) is 0 Å². The molecule has 0 heterocycles. The van der Waals surface area contributed by atoms with Gasteiger partial charge in [0.25, 0.3) is 0 Å². The topological polar surface area (TPSA) is 91.7 Å². The monoisotopic (exact) mass is 300 g/mol. The zero-order valence-electron chi connectivity index (χ0n) is 11.7. The molecule has 0 saturated heterocycles. The Labute approximate surface area is 119 Å². The van der Waals surface area contributed by atoms with E-state index in [0.717, 1.165) is 0 Å². The van der Waals surface area contributed by atoms with Crippen molar-refractivity contribution >= 4 is 15.8 Å². The lowest BCUT2D eigenvalue weighted by Gasteiger charge is -2.11. The molecule has 0 spiro atoms. The number of aryl methyl sites for hydroxylation is 2. The number of carboxylic acid groups (broad SMARTS) is 1. The van der Waals surface area contributed by atoms with Gasteiger partial charge in [0, 0.05) is 6.61 Å². The predicted molar refractivity (Wildman–Crippen MR) is 75.9 cm³/mol. The van der Waals surface area contributed by atoms with Gasteiger partial charge in [0.05, 0.1) is 16.2 Å². The molecule has 0 aliphatic rings. The van der Waals surface area contributed by atoms with Crippen molar-refractivity contribution in [3.05, 3.63) is 28.8 Å². The van der Waals surface area contributed by atoms with Crippen molar-refractivity contribution in [1.82, 2.24) is 0 Å².